The molecule has 1 saturated heterocycles. The number of alkyl halides is 3. The van der Waals surface area contributed by atoms with Gasteiger partial charge in [-0.1, -0.05) is 26.8 Å². The molecule has 1 aromatic carbocycles. The number of rotatable bonds is 5. The van der Waals surface area contributed by atoms with E-state index in [9.17, 15) is 26.4 Å². The molecule has 31 heavy (non-hydrogen) atoms. The maximum Gasteiger partial charge on any atom is 0.416 e. The number of sulfonamides is 1. The summed E-state index contributed by atoms with van der Waals surface area (Å²) in [7, 11) is -4.09. The summed E-state index contributed by atoms with van der Waals surface area (Å²) < 4.78 is 67.3. The molecule has 0 bridgehead atoms. The number of halogens is 3. The van der Waals surface area contributed by atoms with E-state index < -0.39 is 27.8 Å². The highest BCUT2D eigenvalue weighted by Gasteiger charge is 2.45. The maximum absolute atomic E-state index is 13.3. The second-order valence-corrected chi connectivity index (χ2v) is 11.3. The highest BCUT2D eigenvalue weighted by Crippen LogP contribution is 2.38. The molecule has 3 rings (SSSR count). The Morgan fingerprint density at radius 1 is 1.10 bits per heavy atom. The number of nitrogens with two attached hydrogens (primary N) is 1. The first-order valence-electron chi connectivity index (χ1n) is 10.5. The molecule has 6 nitrogen and oxygen atoms in total. The molecule has 1 saturated carbocycles. The van der Waals surface area contributed by atoms with Crippen LogP contribution in [0.15, 0.2) is 29.2 Å². The minimum Gasteiger partial charge on any atom is -0.341 e. The minimum atomic E-state index is -4.62. The molecule has 1 aromatic rings. The minimum absolute atomic E-state index is 0.162. The monoisotopic (exact) mass is 461 g/mol. The third-order valence-electron chi connectivity index (χ3n) is 5.98. The molecule has 2 fully saturated rings. The number of carbonyl (C=O) groups excluding carboxylic acids is 1. The third-order valence-corrected chi connectivity index (χ3v) is 7.98. The van der Waals surface area contributed by atoms with Gasteiger partial charge in [0.1, 0.15) is 0 Å². The van der Waals surface area contributed by atoms with Gasteiger partial charge in [0.2, 0.25) is 15.9 Å². The molecule has 1 amide bonds. The van der Waals surface area contributed by atoms with Crippen molar-refractivity contribution in [2.45, 2.75) is 75.7 Å². The van der Waals surface area contributed by atoms with Gasteiger partial charge in [-0.2, -0.15) is 17.5 Å². The fourth-order valence-corrected chi connectivity index (χ4v) is 5.86. The number of benzene rings is 1. The maximum atomic E-state index is 13.3. The van der Waals surface area contributed by atoms with Gasteiger partial charge in [0.25, 0.3) is 0 Å². The van der Waals surface area contributed by atoms with Crippen LogP contribution < -0.4 is 5.73 Å². The van der Waals surface area contributed by atoms with Crippen molar-refractivity contribution >= 4 is 15.9 Å². The first-order valence-corrected chi connectivity index (χ1v) is 11.9. The lowest BCUT2D eigenvalue weighted by Crippen LogP contribution is -2.55. The van der Waals surface area contributed by atoms with E-state index in [2.05, 4.69) is 0 Å². The van der Waals surface area contributed by atoms with E-state index in [1.807, 2.05) is 20.8 Å². The number of hydrogen-bond acceptors (Lipinski definition) is 4. The average molecular weight is 462 g/mol. The number of nitrogens with zero attached hydrogens (tertiary/aromatic N) is 2. The molecular formula is C21H30F3N3O3S. The van der Waals surface area contributed by atoms with Crippen LogP contribution in [0, 0.1) is 5.41 Å². The van der Waals surface area contributed by atoms with E-state index in [1.165, 1.54) is 10.4 Å². The van der Waals surface area contributed by atoms with Crippen molar-refractivity contribution < 1.29 is 26.4 Å². The number of hydrogen-bond donors (Lipinski definition) is 1. The van der Waals surface area contributed by atoms with Crippen LogP contribution in [-0.2, 0) is 21.0 Å². The van der Waals surface area contributed by atoms with E-state index in [4.69, 9.17) is 5.73 Å². The molecule has 0 spiro atoms. The molecule has 1 aliphatic carbocycles. The van der Waals surface area contributed by atoms with Crippen LogP contribution in [0.25, 0.3) is 0 Å². The van der Waals surface area contributed by atoms with E-state index in [1.54, 1.807) is 4.90 Å². The SMILES string of the molecule is CC(C)(C)[C@H](N)C(=O)N1CCC(N(C2CC2)S(=O)(=O)c2cccc(C(F)(F)F)c2)CC1. The normalized spacial score (nSPS) is 20.2. The first kappa shape index (κ1) is 24.0. The zero-order chi connectivity index (χ0) is 23.2. The molecule has 1 aliphatic heterocycles. The Hall–Kier alpha value is -1.65. The Bertz CT molecular complexity index is 916. The fraction of sp³-hybridized carbons (Fsp3) is 0.667. The Morgan fingerprint density at radius 2 is 1.65 bits per heavy atom. The molecule has 1 heterocycles. The second kappa shape index (κ2) is 8.37. The van der Waals surface area contributed by atoms with Crippen LogP contribution >= 0.6 is 0 Å². The van der Waals surface area contributed by atoms with Gasteiger partial charge in [-0.05, 0) is 49.3 Å². The summed E-state index contributed by atoms with van der Waals surface area (Å²) in [5.74, 6) is -0.162. The highest BCUT2D eigenvalue weighted by molar-refractivity contribution is 7.89. The van der Waals surface area contributed by atoms with Crippen LogP contribution in [0.3, 0.4) is 0 Å². The van der Waals surface area contributed by atoms with Crippen molar-refractivity contribution in [2.75, 3.05) is 13.1 Å². The molecule has 10 heteroatoms. The highest BCUT2D eigenvalue weighted by atomic mass is 32.2. The summed E-state index contributed by atoms with van der Waals surface area (Å²) in [6.07, 6.45) is -2.39. The molecular weight excluding hydrogens is 431 g/mol. The quantitative estimate of drug-likeness (QED) is 0.730. The van der Waals surface area contributed by atoms with E-state index in [0.29, 0.717) is 44.8 Å². The Labute approximate surface area is 181 Å². The lowest BCUT2D eigenvalue weighted by Gasteiger charge is -2.40. The van der Waals surface area contributed by atoms with Crippen molar-refractivity contribution in [3.05, 3.63) is 29.8 Å². The van der Waals surface area contributed by atoms with Gasteiger partial charge in [-0.25, -0.2) is 8.42 Å². The second-order valence-electron chi connectivity index (χ2n) is 9.49. The van der Waals surface area contributed by atoms with Gasteiger partial charge in [0.05, 0.1) is 16.5 Å². The van der Waals surface area contributed by atoms with Crippen LogP contribution in [0.2, 0.25) is 0 Å². The van der Waals surface area contributed by atoms with E-state index in [-0.39, 0.29) is 28.3 Å². The smallest absolute Gasteiger partial charge is 0.341 e. The molecule has 0 radical (unpaired) electrons. The van der Waals surface area contributed by atoms with Gasteiger partial charge in [0, 0.05) is 25.2 Å². The summed E-state index contributed by atoms with van der Waals surface area (Å²) in [5, 5.41) is 0. The number of carbonyl (C=O) groups is 1. The van der Waals surface area contributed by atoms with Gasteiger partial charge in [-0.3, -0.25) is 4.79 Å². The molecule has 174 valence electrons. The summed E-state index contributed by atoms with van der Waals surface area (Å²) in [6.45, 7) is 6.40. The van der Waals surface area contributed by atoms with E-state index >= 15 is 0 Å². The third kappa shape index (κ3) is 5.23. The average Bonchev–Trinajstić information content (AvgIpc) is 3.51. The predicted molar refractivity (Wildman–Crippen MR) is 111 cm³/mol. The molecule has 2 N–H and O–H groups in total. The Kier molecular flexibility index (Phi) is 6.48. The van der Waals surface area contributed by atoms with Gasteiger partial charge in [0.15, 0.2) is 0 Å². The van der Waals surface area contributed by atoms with Gasteiger partial charge < -0.3 is 10.6 Å². The predicted octanol–water partition coefficient (Wildman–Crippen LogP) is 3.22. The largest absolute Gasteiger partial charge is 0.416 e. The van der Waals surface area contributed by atoms with Crippen LogP contribution in [0.4, 0.5) is 13.2 Å². The fourth-order valence-electron chi connectivity index (χ4n) is 3.88. The number of amides is 1. The van der Waals surface area contributed by atoms with Crippen molar-refractivity contribution in [2.24, 2.45) is 11.1 Å². The summed E-state index contributed by atoms with van der Waals surface area (Å²) in [5.41, 5.74) is 4.71. The Balaban J connectivity index is 1.78. The van der Waals surface area contributed by atoms with Crippen LogP contribution in [0.5, 0.6) is 0 Å². The lowest BCUT2D eigenvalue weighted by atomic mass is 9.86. The molecule has 1 atom stereocenters. The number of likely N-dealkylation sites (tertiary alicyclic amines) is 1. The van der Waals surface area contributed by atoms with Gasteiger partial charge >= 0.3 is 6.18 Å². The van der Waals surface area contributed by atoms with Gasteiger partial charge in [-0.15, -0.1) is 0 Å². The summed E-state index contributed by atoms with van der Waals surface area (Å²) >= 11 is 0. The molecule has 0 unspecified atom stereocenters. The summed E-state index contributed by atoms with van der Waals surface area (Å²) in [4.78, 5) is 14.0. The van der Waals surface area contributed by atoms with E-state index in [0.717, 1.165) is 12.1 Å². The van der Waals surface area contributed by atoms with Crippen LogP contribution in [-0.4, -0.2) is 54.7 Å². The lowest BCUT2D eigenvalue weighted by molar-refractivity contribution is -0.138. The zero-order valence-electron chi connectivity index (χ0n) is 18.0. The van der Waals surface area contributed by atoms with Crippen molar-refractivity contribution in [1.29, 1.82) is 0 Å². The van der Waals surface area contributed by atoms with Crippen molar-refractivity contribution in [1.82, 2.24) is 9.21 Å². The molecule has 2 aliphatic rings. The van der Waals surface area contributed by atoms with Crippen molar-refractivity contribution in [3.63, 3.8) is 0 Å². The zero-order valence-corrected chi connectivity index (χ0v) is 18.8. The Morgan fingerprint density at radius 3 is 2.13 bits per heavy atom. The standard InChI is InChI=1S/C21H30F3N3O3S/c1-20(2,3)18(25)19(28)26-11-9-16(10-12-26)27(15-7-8-15)31(29,30)17-6-4-5-14(13-17)21(22,23)24/h4-6,13,15-16,18H,7-12,25H2,1-3H3/t18-/m1/s1. The first-order chi connectivity index (χ1) is 14.2. The van der Waals surface area contributed by atoms with Crippen LogP contribution in [0.1, 0.15) is 52.0 Å². The molecule has 0 aromatic heterocycles. The number of piperidine rings is 1. The topological polar surface area (TPSA) is 83.7 Å². The summed E-state index contributed by atoms with van der Waals surface area (Å²) in [6, 6.07) is 2.68. The van der Waals surface area contributed by atoms with Crippen molar-refractivity contribution in [3.8, 4) is 0 Å².